The zero-order chi connectivity index (χ0) is 23.3. The van der Waals surface area contributed by atoms with Gasteiger partial charge >= 0.3 is 6.09 Å². The van der Waals surface area contributed by atoms with Crippen LogP contribution in [0.4, 0.5) is 10.5 Å². The summed E-state index contributed by atoms with van der Waals surface area (Å²) in [5, 5.41) is 5.78. The topological polar surface area (TPSA) is 97.0 Å². The summed E-state index contributed by atoms with van der Waals surface area (Å²) in [6.07, 6.45) is 1.28. The molecule has 2 heterocycles. The first kappa shape index (κ1) is 24.2. The molecular weight excluding hydrogens is 498 g/mol. The number of aryl methyl sites for hydroxylation is 1. The average Bonchev–Trinajstić information content (AvgIpc) is 3.39. The molecule has 1 atom stereocenters. The smallest absolute Gasteiger partial charge is 0.399 e. The molecule has 3 rings (SSSR count). The van der Waals surface area contributed by atoms with E-state index in [0.29, 0.717) is 16.3 Å². The molecule has 1 saturated heterocycles. The van der Waals surface area contributed by atoms with E-state index in [-0.39, 0.29) is 12.5 Å². The zero-order valence-corrected chi connectivity index (χ0v) is 20.6. The van der Waals surface area contributed by atoms with Gasteiger partial charge in [0, 0.05) is 31.5 Å². The maximum absolute atomic E-state index is 13.0. The van der Waals surface area contributed by atoms with Crippen LogP contribution in [0.3, 0.4) is 0 Å². The van der Waals surface area contributed by atoms with Crippen LogP contribution in [0, 0.1) is 6.92 Å². The molecule has 0 unspecified atom stereocenters. The maximum atomic E-state index is 13.0. The van der Waals surface area contributed by atoms with Crippen LogP contribution in [0.2, 0.25) is 0 Å². The number of nitrogens with one attached hydrogen (secondary N) is 2. The number of likely N-dealkylation sites (tertiary alicyclic amines) is 1. The Labute approximate surface area is 199 Å². The fourth-order valence-electron chi connectivity index (χ4n) is 3.48. The second-order valence-corrected chi connectivity index (χ2v) is 10.2. The van der Waals surface area contributed by atoms with E-state index in [9.17, 15) is 14.4 Å². The summed E-state index contributed by atoms with van der Waals surface area (Å²) >= 11 is 4.56. The quantitative estimate of drug-likeness (QED) is 0.567. The lowest BCUT2D eigenvalue weighted by Crippen LogP contribution is -2.58. The minimum absolute atomic E-state index is 0.00623. The van der Waals surface area contributed by atoms with E-state index in [0.717, 1.165) is 35.3 Å². The molecule has 10 heteroatoms. The molecule has 172 valence electrons. The van der Waals surface area contributed by atoms with Crippen LogP contribution in [-0.2, 0) is 9.53 Å². The van der Waals surface area contributed by atoms with Crippen molar-refractivity contribution in [3.05, 3.63) is 45.2 Å². The fraction of sp³-hybridized carbons (Fsp3) is 0.409. The fourth-order valence-corrected chi connectivity index (χ4v) is 4.68. The molecule has 1 fully saturated rings. The number of rotatable bonds is 7. The number of benzene rings is 1. The predicted octanol–water partition coefficient (Wildman–Crippen LogP) is 4.19. The lowest BCUT2D eigenvalue weighted by molar-refractivity contribution is -0.123. The molecule has 0 saturated carbocycles. The third kappa shape index (κ3) is 5.87. The summed E-state index contributed by atoms with van der Waals surface area (Å²) in [4.78, 5) is 39.9. The number of ether oxygens (including phenoxy) is 2. The van der Waals surface area contributed by atoms with E-state index in [1.807, 2.05) is 11.8 Å². The number of hydrogen-bond donors (Lipinski definition) is 2. The average molecular weight is 524 g/mol. The van der Waals surface area contributed by atoms with Gasteiger partial charge in [0.2, 0.25) is 0 Å². The van der Waals surface area contributed by atoms with Crippen LogP contribution in [0.5, 0.6) is 5.06 Å². The standard InChI is InChI=1S/C22H26BrN3O5S/c1-14-12-15(6-7-16(14)19(27)26-10-4-5-11-26)24-20(28)22(2,13-30-3)25-21(29)31-18-9-8-17(23)32-18/h6-9,12H,4-5,10-11,13H2,1-3H3,(H,24,28)(H,25,29)/t22-/m1/s1. The first-order valence-corrected chi connectivity index (χ1v) is 11.8. The third-order valence-electron chi connectivity index (χ3n) is 5.16. The second kappa shape index (κ2) is 10.5. The van der Waals surface area contributed by atoms with E-state index < -0.39 is 17.5 Å². The van der Waals surface area contributed by atoms with Gasteiger partial charge in [0.15, 0.2) is 5.06 Å². The van der Waals surface area contributed by atoms with Gasteiger partial charge in [-0.2, -0.15) is 0 Å². The van der Waals surface area contributed by atoms with Crippen LogP contribution in [0.25, 0.3) is 0 Å². The SMILES string of the molecule is COC[C@@](C)(NC(=O)Oc1ccc(Br)s1)C(=O)Nc1ccc(C(=O)N2CCCC2)c(C)c1. The molecule has 8 nitrogen and oxygen atoms in total. The molecule has 0 bridgehead atoms. The summed E-state index contributed by atoms with van der Waals surface area (Å²) in [7, 11) is 1.44. The van der Waals surface area contributed by atoms with E-state index >= 15 is 0 Å². The van der Waals surface area contributed by atoms with Crippen LogP contribution in [0.1, 0.15) is 35.7 Å². The van der Waals surface area contributed by atoms with Gasteiger partial charge in [0.1, 0.15) is 5.54 Å². The van der Waals surface area contributed by atoms with E-state index in [1.54, 1.807) is 37.3 Å². The number of amides is 3. The van der Waals surface area contributed by atoms with Crippen LogP contribution in [0.15, 0.2) is 34.1 Å². The minimum Gasteiger partial charge on any atom is -0.399 e. The highest BCUT2D eigenvalue weighted by atomic mass is 79.9. The Hall–Kier alpha value is -2.43. The molecule has 2 N–H and O–H groups in total. The summed E-state index contributed by atoms with van der Waals surface area (Å²) in [5.41, 5.74) is 0.528. The molecule has 32 heavy (non-hydrogen) atoms. The number of carbonyl (C=O) groups excluding carboxylic acids is 3. The van der Waals surface area contributed by atoms with Gasteiger partial charge in [-0.05, 0) is 78.5 Å². The molecule has 3 amide bonds. The summed E-state index contributed by atoms with van der Waals surface area (Å²) in [5.74, 6) is -0.464. The van der Waals surface area contributed by atoms with Crippen molar-refractivity contribution >= 4 is 50.9 Å². The third-order valence-corrected chi connectivity index (χ3v) is 6.66. The lowest BCUT2D eigenvalue weighted by Gasteiger charge is -2.28. The van der Waals surface area contributed by atoms with Gasteiger partial charge in [0.25, 0.3) is 11.8 Å². The highest BCUT2D eigenvalue weighted by Crippen LogP contribution is 2.29. The minimum atomic E-state index is -1.38. The first-order chi connectivity index (χ1) is 15.2. The lowest BCUT2D eigenvalue weighted by atomic mass is 10.0. The Morgan fingerprint density at radius 1 is 1.19 bits per heavy atom. The molecule has 1 aromatic carbocycles. The second-order valence-electron chi connectivity index (χ2n) is 7.82. The van der Waals surface area contributed by atoms with Crippen molar-refractivity contribution in [3.8, 4) is 5.06 Å². The number of anilines is 1. The molecule has 2 aromatic rings. The van der Waals surface area contributed by atoms with E-state index in [2.05, 4.69) is 26.6 Å². The van der Waals surface area contributed by atoms with Crippen LogP contribution in [-0.4, -0.2) is 55.2 Å². The normalized spacial score (nSPS) is 15.2. The van der Waals surface area contributed by atoms with Crippen molar-refractivity contribution in [2.45, 2.75) is 32.2 Å². The van der Waals surface area contributed by atoms with Gasteiger partial charge in [-0.25, -0.2) is 4.79 Å². The Bertz CT molecular complexity index is 1010. The van der Waals surface area contributed by atoms with Crippen LogP contribution < -0.4 is 15.4 Å². The Kier molecular flexibility index (Phi) is 7.91. The number of halogens is 1. The summed E-state index contributed by atoms with van der Waals surface area (Å²) in [6, 6.07) is 8.55. The number of methoxy groups -OCH3 is 1. The molecular formula is C22H26BrN3O5S. The highest BCUT2D eigenvalue weighted by Gasteiger charge is 2.36. The molecule has 1 aliphatic rings. The van der Waals surface area contributed by atoms with E-state index in [4.69, 9.17) is 9.47 Å². The number of hydrogen-bond acceptors (Lipinski definition) is 6. The van der Waals surface area contributed by atoms with Gasteiger partial charge in [0.05, 0.1) is 10.4 Å². The van der Waals surface area contributed by atoms with Crippen molar-refractivity contribution in [1.29, 1.82) is 0 Å². The molecule has 1 aromatic heterocycles. The number of thiophene rings is 1. The number of nitrogens with zero attached hydrogens (tertiary/aromatic N) is 1. The summed E-state index contributed by atoms with van der Waals surface area (Å²) in [6.45, 7) is 4.87. The monoisotopic (exact) mass is 523 g/mol. The van der Waals surface area contributed by atoms with Crippen LogP contribution >= 0.6 is 27.3 Å². The molecule has 0 aliphatic carbocycles. The van der Waals surface area contributed by atoms with Crippen molar-refractivity contribution in [1.82, 2.24) is 10.2 Å². The Morgan fingerprint density at radius 2 is 1.91 bits per heavy atom. The summed E-state index contributed by atoms with van der Waals surface area (Å²) < 4.78 is 11.2. The molecule has 0 radical (unpaired) electrons. The van der Waals surface area contributed by atoms with Crippen molar-refractivity contribution in [2.75, 3.05) is 32.1 Å². The highest BCUT2D eigenvalue weighted by molar-refractivity contribution is 9.11. The Morgan fingerprint density at radius 3 is 2.50 bits per heavy atom. The largest absolute Gasteiger partial charge is 0.414 e. The first-order valence-electron chi connectivity index (χ1n) is 10.2. The zero-order valence-electron chi connectivity index (χ0n) is 18.2. The molecule has 0 spiro atoms. The number of carbonyl (C=O) groups is 3. The van der Waals surface area contributed by atoms with E-state index in [1.165, 1.54) is 18.4 Å². The van der Waals surface area contributed by atoms with Gasteiger partial charge < -0.3 is 25.0 Å². The van der Waals surface area contributed by atoms with Gasteiger partial charge in [-0.3, -0.25) is 9.59 Å². The molecule has 1 aliphatic heterocycles. The Balaban J connectivity index is 1.68. The van der Waals surface area contributed by atoms with Gasteiger partial charge in [-0.1, -0.05) is 11.3 Å². The van der Waals surface area contributed by atoms with Crippen molar-refractivity contribution in [2.24, 2.45) is 0 Å². The van der Waals surface area contributed by atoms with Gasteiger partial charge in [-0.15, -0.1) is 0 Å². The predicted molar refractivity (Wildman–Crippen MR) is 126 cm³/mol. The maximum Gasteiger partial charge on any atom is 0.414 e. The van der Waals surface area contributed by atoms with Crippen molar-refractivity contribution < 1.29 is 23.9 Å². The van der Waals surface area contributed by atoms with Crippen molar-refractivity contribution in [3.63, 3.8) is 0 Å².